The Morgan fingerprint density at radius 2 is 1.44 bits per heavy atom. The molecule has 7 rings (SSSR count). The first kappa shape index (κ1) is 7.37. The van der Waals surface area contributed by atoms with E-state index in [2.05, 4.69) is 18.2 Å². The topological polar surface area (TPSA) is 9.23 Å². The fraction of sp³-hybridized carbons (Fsp3) is 0.600. The molecule has 0 N–H and O–H groups in total. The van der Waals surface area contributed by atoms with Crippen molar-refractivity contribution < 1.29 is 4.74 Å². The molecule has 0 amide bonds. The standard InChI is InChI=1S/C15H14O/c1-16-5-2-3-6-7(4-5)9-12-10-8(6)11-13(9)15(12)14(10)11/h2-4,8-15H,1H3/t8?,9?,10-,11+,12-,13+,14?,15?. The number of hydrogen-bond donors (Lipinski definition) is 0. The lowest BCUT2D eigenvalue weighted by molar-refractivity contribution is -0.407. The third kappa shape index (κ3) is 0.432. The first-order chi connectivity index (χ1) is 7.92. The third-order valence-electron chi connectivity index (χ3n) is 6.78. The Hall–Kier alpha value is -0.980. The van der Waals surface area contributed by atoms with Crippen LogP contribution < -0.4 is 4.74 Å². The predicted molar refractivity (Wildman–Crippen MR) is 59.4 cm³/mol. The number of rotatable bonds is 1. The Bertz CT molecular complexity index is 528. The van der Waals surface area contributed by atoms with Gasteiger partial charge in [-0.2, -0.15) is 0 Å². The van der Waals surface area contributed by atoms with Gasteiger partial charge < -0.3 is 4.74 Å². The van der Waals surface area contributed by atoms with Crippen molar-refractivity contribution in [1.82, 2.24) is 0 Å². The molecule has 16 heavy (non-hydrogen) atoms. The van der Waals surface area contributed by atoms with Crippen LogP contribution in [0.25, 0.3) is 0 Å². The second-order valence-corrected chi connectivity index (χ2v) is 6.51. The van der Waals surface area contributed by atoms with Gasteiger partial charge in [-0.15, -0.1) is 0 Å². The van der Waals surface area contributed by atoms with Crippen LogP contribution in [0.2, 0.25) is 0 Å². The largest absolute Gasteiger partial charge is 0.497 e. The molecule has 80 valence electrons. The molecule has 1 nitrogen and oxygen atoms in total. The molecule has 4 unspecified atom stereocenters. The maximum absolute atomic E-state index is 5.38. The zero-order valence-corrected chi connectivity index (χ0v) is 9.26. The van der Waals surface area contributed by atoms with Crippen molar-refractivity contribution in [2.24, 2.45) is 35.5 Å². The first-order valence-electron chi connectivity index (χ1n) is 6.59. The summed E-state index contributed by atoms with van der Waals surface area (Å²) in [5, 5.41) is 0. The van der Waals surface area contributed by atoms with Crippen LogP contribution in [-0.4, -0.2) is 7.11 Å². The highest BCUT2D eigenvalue weighted by Gasteiger charge is 2.88. The van der Waals surface area contributed by atoms with E-state index in [4.69, 9.17) is 4.74 Å². The molecular weight excluding hydrogens is 196 g/mol. The van der Waals surface area contributed by atoms with Gasteiger partial charge >= 0.3 is 0 Å². The zero-order valence-electron chi connectivity index (χ0n) is 9.26. The van der Waals surface area contributed by atoms with Crippen LogP contribution in [-0.2, 0) is 0 Å². The van der Waals surface area contributed by atoms with E-state index in [1.807, 2.05) is 0 Å². The van der Waals surface area contributed by atoms with Crippen LogP contribution in [0.15, 0.2) is 18.2 Å². The van der Waals surface area contributed by atoms with Gasteiger partial charge in [-0.05, 0) is 70.6 Å². The van der Waals surface area contributed by atoms with Gasteiger partial charge in [0.05, 0.1) is 7.11 Å². The van der Waals surface area contributed by atoms with E-state index in [0.29, 0.717) is 0 Å². The summed E-state index contributed by atoms with van der Waals surface area (Å²) in [6.45, 7) is 0. The van der Waals surface area contributed by atoms with Crippen LogP contribution in [0.5, 0.6) is 5.75 Å². The van der Waals surface area contributed by atoms with Crippen molar-refractivity contribution in [1.29, 1.82) is 0 Å². The normalized spacial score (nSPS) is 59.6. The predicted octanol–water partition coefficient (Wildman–Crippen LogP) is 2.63. The minimum absolute atomic E-state index is 0.945. The van der Waals surface area contributed by atoms with Crippen molar-refractivity contribution in [3.8, 4) is 5.75 Å². The molecule has 2 bridgehead atoms. The Kier molecular flexibility index (Phi) is 0.843. The van der Waals surface area contributed by atoms with Crippen molar-refractivity contribution in [2.45, 2.75) is 11.8 Å². The van der Waals surface area contributed by atoms with Crippen molar-refractivity contribution in [2.75, 3.05) is 7.11 Å². The van der Waals surface area contributed by atoms with E-state index >= 15 is 0 Å². The second kappa shape index (κ2) is 1.83. The Labute approximate surface area is 94.8 Å². The highest BCUT2D eigenvalue weighted by atomic mass is 16.5. The zero-order chi connectivity index (χ0) is 10.2. The van der Waals surface area contributed by atoms with E-state index in [1.54, 1.807) is 18.2 Å². The van der Waals surface area contributed by atoms with Crippen molar-refractivity contribution in [3.05, 3.63) is 29.3 Å². The van der Waals surface area contributed by atoms with Gasteiger partial charge in [-0.1, -0.05) is 6.07 Å². The highest BCUT2D eigenvalue weighted by molar-refractivity contribution is 5.56. The van der Waals surface area contributed by atoms with Gasteiger partial charge in [-0.25, -0.2) is 0 Å². The van der Waals surface area contributed by atoms with Crippen LogP contribution in [0, 0.1) is 35.5 Å². The van der Waals surface area contributed by atoms with Crippen LogP contribution in [0.1, 0.15) is 23.0 Å². The average molecular weight is 210 g/mol. The molecule has 0 heterocycles. The molecule has 0 radical (unpaired) electrons. The quantitative estimate of drug-likeness (QED) is 0.692. The van der Waals surface area contributed by atoms with E-state index in [9.17, 15) is 0 Å². The molecule has 0 aliphatic heterocycles. The van der Waals surface area contributed by atoms with E-state index in [1.165, 1.54) is 11.8 Å². The van der Waals surface area contributed by atoms with Gasteiger partial charge in [-0.3, -0.25) is 0 Å². The fourth-order valence-electron chi connectivity index (χ4n) is 6.51. The number of methoxy groups -OCH3 is 1. The maximum Gasteiger partial charge on any atom is 0.119 e. The summed E-state index contributed by atoms with van der Waals surface area (Å²) in [5.74, 6) is 9.78. The van der Waals surface area contributed by atoms with Crippen LogP contribution >= 0.6 is 0 Å². The number of hydrogen-bond acceptors (Lipinski definition) is 1. The van der Waals surface area contributed by atoms with Crippen LogP contribution in [0.3, 0.4) is 0 Å². The van der Waals surface area contributed by atoms with Crippen molar-refractivity contribution >= 4 is 0 Å². The fourth-order valence-corrected chi connectivity index (χ4v) is 6.51. The lowest BCUT2D eigenvalue weighted by Gasteiger charge is -2.93. The van der Waals surface area contributed by atoms with Gasteiger partial charge in [0.15, 0.2) is 0 Å². The van der Waals surface area contributed by atoms with Crippen LogP contribution in [0.4, 0.5) is 0 Å². The lowest BCUT2D eigenvalue weighted by atomic mass is 9.11. The monoisotopic (exact) mass is 210 g/mol. The van der Waals surface area contributed by atoms with E-state index < -0.39 is 0 Å². The molecule has 8 atom stereocenters. The Morgan fingerprint density at radius 1 is 0.812 bits per heavy atom. The molecule has 1 aromatic carbocycles. The molecular formula is C15H14O. The maximum atomic E-state index is 5.38. The summed E-state index contributed by atoms with van der Waals surface area (Å²) >= 11 is 0. The molecule has 0 aromatic heterocycles. The molecule has 4 fully saturated rings. The third-order valence-corrected chi connectivity index (χ3v) is 6.78. The van der Waals surface area contributed by atoms with E-state index in [0.717, 1.165) is 41.3 Å². The summed E-state index contributed by atoms with van der Waals surface area (Å²) in [6, 6.07) is 6.86. The minimum Gasteiger partial charge on any atom is -0.497 e. The SMILES string of the molecule is COc1ccc2c(c1)C1[C@@H]3C4C5[C@H]3C2[C@@H]5[C@@H]14. The molecule has 4 saturated carbocycles. The minimum atomic E-state index is 0.945. The summed E-state index contributed by atoms with van der Waals surface area (Å²) in [7, 11) is 1.78. The smallest absolute Gasteiger partial charge is 0.119 e. The molecule has 6 aliphatic rings. The molecule has 1 aromatic rings. The summed E-state index contributed by atoms with van der Waals surface area (Å²) in [4.78, 5) is 0. The number of benzene rings is 1. The molecule has 0 saturated heterocycles. The van der Waals surface area contributed by atoms with Crippen molar-refractivity contribution in [3.63, 3.8) is 0 Å². The Balaban J connectivity index is 1.63. The molecule has 6 aliphatic carbocycles. The van der Waals surface area contributed by atoms with Gasteiger partial charge in [0.1, 0.15) is 5.75 Å². The summed E-state index contributed by atoms with van der Waals surface area (Å²) < 4.78 is 5.38. The van der Waals surface area contributed by atoms with Gasteiger partial charge in [0, 0.05) is 0 Å². The van der Waals surface area contributed by atoms with E-state index in [-0.39, 0.29) is 0 Å². The Morgan fingerprint density at radius 3 is 2.06 bits per heavy atom. The highest BCUT2D eigenvalue weighted by Crippen LogP contribution is 2.94. The summed E-state index contributed by atoms with van der Waals surface area (Å²) in [5.41, 5.74) is 3.36. The first-order valence-corrected chi connectivity index (χ1v) is 6.59. The summed E-state index contributed by atoms with van der Waals surface area (Å²) in [6.07, 6.45) is 0. The second-order valence-electron chi connectivity index (χ2n) is 6.51. The van der Waals surface area contributed by atoms with Gasteiger partial charge in [0.2, 0.25) is 0 Å². The van der Waals surface area contributed by atoms with Gasteiger partial charge in [0.25, 0.3) is 0 Å². The molecule has 0 spiro atoms. The molecule has 1 heteroatoms. The average Bonchev–Trinajstić information content (AvgIpc) is 2.30. The lowest BCUT2D eigenvalue weighted by Crippen LogP contribution is -2.87. The number of ether oxygens (including phenoxy) is 1.